The number of benzene rings is 1. The number of anilines is 3. The molecule has 2 heterocycles. The number of nitrogens with zero attached hydrogens (tertiary/aromatic N) is 3. The molecule has 0 fully saturated rings. The van der Waals surface area contributed by atoms with E-state index in [1.165, 1.54) is 19.2 Å². The molecular formula is C13H12FN5O. The molecule has 0 saturated carbocycles. The number of hydrogen-bond donors (Lipinski definition) is 2. The van der Waals surface area contributed by atoms with Crippen LogP contribution in [0.1, 0.15) is 0 Å². The molecule has 0 aliphatic heterocycles. The molecule has 0 saturated heterocycles. The molecule has 0 radical (unpaired) electrons. The Morgan fingerprint density at radius 2 is 2.25 bits per heavy atom. The molecule has 0 amide bonds. The van der Waals surface area contributed by atoms with Crippen LogP contribution in [0.25, 0.3) is 5.65 Å². The van der Waals surface area contributed by atoms with E-state index in [0.29, 0.717) is 23.0 Å². The van der Waals surface area contributed by atoms with Crippen LogP contribution in [-0.4, -0.2) is 21.5 Å². The van der Waals surface area contributed by atoms with Gasteiger partial charge in [0.05, 0.1) is 13.3 Å². The number of halogens is 1. The Kier molecular flexibility index (Phi) is 2.86. The highest BCUT2D eigenvalue weighted by atomic mass is 19.1. The molecule has 3 rings (SSSR count). The zero-order valence-electron chi connectivity index (χ0n) is 10.7. The molecule has 0 aliphatic rings. The van der Waals surface area contributed by atoms with Gasteiger partial charge in [0.25, 0.3) is 0 Å². The second-order valence-corrected chi connectivity index (χ2v) is 4.15. The summed E-state index contributed by atoms with van der Waals surface area (Å²) >= 11 is 0. The number of imidazole rings is 1. The Morgan fingerprint density at radius 1 is 1.40 bits per heavy atom. The maximum absolute atomic E-state index is 13.7. The topological polar surface area (TPSA) is 77.5 Å². The third kappa shape index (κ3) is 2.09. The number of nitrogen functional groups attached to an aromatic ring is 1. The predicted molar refractivity (Wildman–Crippen MR) is 73.6 cm³/mol. The molecule has 0 bridgehead atoms. The van der Waals surface area contributed by atoms with E-state index in [1.54, 1.807) is 29.1 Å². The monoisotopic (exact) mass is 273 g/mol. The van der Waals surface area contributed by atoms with E-state index in [4.69, 9.17) is 10.5 Å². The van der Waals surface area contributed by atoms with Crippen molar-refractivity contribution in [1.29, 1.82) is 0 Å². The second kappa shape index (κ2) is 4.69. The summed E-state index contributed by atoms with van der Waals surface area (Å²) in [6, 6.07) is 4.54. The number of nitrogens with one attached hydrogen (secondary N) is 1. The number of hydrogen-bond acceptors (Lipinski definition) is 5. The Balaban J connectivity index is 2.00. The van der Waals surface area contributed by atoms with Crippen molar-refractivity contribution in [2.24, 2.45) is 0 Å². The quantitative estimate of drug-likeness (QED) is 0.765. The lowest BCUT2D eigenvalue weighted by molar-refractivity contribution is 0.386. The molecule has 0 spiro atoms. The molecule has 6 nitrogen and oxygen atoms in total. The zero-order chi connectivity index (χ0) is 14.1. The average molecular weight is 273 g/mol. The third-order valence-electron chi connectivity index (χ3n) is 2.81. The summed E-state index contributed by atoms with van der Waals surface area (Å²) in [7, 11) is 1.42. The molecule has 0 atom stereocenters. The van der Waals surface area contributed by atoms with Crippen LogP contribution in [0.4, 0.5) is 21.7 Å². The highest BCUT2D eigenvalue weighted by Gasteiger charge is 2.08. The summed E-state index contributed by atoms with van der Waals surface area (Å²) < 4.78 is 20.3. The van der Waals surface area contributed by atoms with Crippen molar-refractivity contribution in [1.82, 2.24) is 14.4 Å². The Morgan fingerprint density at radius 3 is 3.00 bits per heavy atom. The van der Waals surface area contributed by atoms with Gasteiger partial charge in [-0.05, 0) is 12.1 Å². The van der Waals surface area contributed by atoms with Gasteiger partial charge in [-0.3, -0.25) is 0 Å². The molecule has 20 heavy (non-hydrogen) atoms. The minimum atomic E-state index is -0.458. The molecule has 7 heteroatoms. The molecule has 0 aliphatic carbocycles. The van der Waals surface area contributed by atoms with Crippen molar-refractivity contribution in [3.63, 3.8) is 0 Å². The normalized spacial score (nSPS) is 10.7. The van der Waals surface area contributed by atoms with Crippen LogP contribution in [0.15, 0.2) is 36.8 Å². The largest absolute Gasteiger partial charge is 0.494 e. The smallest absolute Gasteiger partial charge is 0.180 e. The number of rotatable bonds is 3. The van der Waals surface area contributed by atoms with Crippen molar-refractivity contribution in [3.05, 3.63) is 42.6 Å². The summed E-state index contributed by atoms with van der Waals surface area (Å²) in [6.45, 7) is 0. The summed E-state index contributed by atoms with van der Waals surface area (Å²) in [6.07, 6.45) is 5.05. The van der Waals surface area contributed by atoms with Crippen molar-refractivity contribution in [3.8, 4) is 5.75 Å². The lowest BCUT2D eigenvalue weighted by atomic mass is 10.3. The molecule has 0 unspecified atom stereocenters. The minimum absolute atomic E-state index is 0.182. The molecule has 2 aromatic heterocycles. The fourth-order valence-electron chi connectivity index (χ4n) is 1.92. The van der Waals surface area contributed by atoms with Crippen LogP contribution >= 0.6 is 0 Å². The van der Waals surface area contributed by atoms with Crippen LogP contribution in [0.5, 0.6) is 5.75 Å². The van der Waals surface area contributed by atoms with Gasteiger partial charge in [-0.2, -0.15) is 0 Å². The fourth-order valence-corrected chi connectivity index (χ4v) is 1.92. The van der Waals surface area contributed by atoms with Crippen LogP contribution < -0.4 is 15.8 Å². The van der Waals surface area contributed by atoms with E-state index in [2.05, 4.69) is 15.3 Å². The Bertz CT molecular complexity index is 771. The first-order chi connectivity index (χ1) is 9.67. The van der Waals surface area contributed by atoms with Gasteiger partial charge in [0.1, 0.15) is 5.82 Å². The van der Waals surface area contributed by atoms with E-state index >= 15 is 0 Å². The van der Waals surface area contributed by atoms with E-state index < -0.39 is 5.82 Å². The van der Waals surface area contributed by atoms with Gasteiger partial charge < -0.3 is 20.2 Å². The first-order valence-corrected chi connectivity index (χ1v) is 5.87. The lowest BCUT2D eigenvalue weighted by Crippen LogP contribution is -2.02. The summed E-state index contributed by atoms with van der Waals surface area (Å²) in [4.78, 5) is 8.35. The average Bonchev–Trinajstić information content (AvgIpc) is 2.87. The van der Waals surface area contributed by atoms with Gasteiger partial charge in [-0.15, -0.1) is 0 Å². The number of methoxy groups -OCH3 is 1. The summed E-state index contributed by atoms with van der Waals surface area (Å²) in [5.41, 5.74) is 6.86. The standard InChI is InChI=1S/C13H12FN5O/c1-20-10-3-2-8(6-9(10)14)17-12-13-16-4-5-19(13)7-11(15)18-12/h2-7H,15H2,1H3,(H,17,18). The van der Waals surface area contributed by atoms with Crippen LogP contribution in [0, 0.1) is 5.82 Å². The second-order valence-electron chi connectivity index (χ2n) is 4.15. The van der Waals surface area contributed by atoms with Crippen LogP contribution in [0.2, 0.25) is 0 Å². The van der Waals surface area contributed by atoms with Crippen LogP contribution in [0.3, 0.4) is 0 Å². The number of nitrogens with two attached hydrogens (primary N) is 1. The summed E-state index contributed by atoms with van der Waals surface area (Å²) in [5.74, 6) is 0.523. The maximum Gasteiger partial charge on any atom is 0.180 e. The van der Waals surface area contributed by atoms with Gasteiger partial charge in [-0.1, -0.05) is 0 Å². The molecule has 1 aromatic carbocycles. The predicted octanol–water partition coefficient (Wildman–Crippen LogP) is 2.20. The molecular weight excluding hydrogens is 261 g/mol. The highest BCUT2D eigenvalue weighted by molar-refractivity contribution is 5.71. The first-order valence-electron chi connectivity index (χ1n) is 5.87. The van der Waals surface area contributed by atoms with Crippen molar-refractivity contribution >= 4 is 23.0 Å². The van der Waals surface area contributed by atoms with Gasteiger partial charge in [0, 0.05) is 24.1 Å². The van der Waals surface area contributed by atoms with Gasteiger partial charge in [-0.25, -0.2) is 14.4 Å². The SMILES string of the molecule is COc1ccc(Nc2nc(N)cn3ccnc23)cc1F. The van der Waals surface area contributed by atoms with Crippen molar-refractivity contribution < 1.29 is 9.13 Å². The number of ether oxygens (including phenoxy) is 1. The van der Waals surface area contributed by atoms with Crippen molar-refractivity contribution in [2.45, 2.75) is 0 Å². The molecule has 102 valence electrons. The van der Waals surface area contributed by atoms with Gasteiger partial charge in [0.15, 0.2) is 23.0 Å². The van der Waals surface area contributed by atoms with Crippen molar-refractivity contribution in [2.75, 3.05) is 18.2 Å². The van der Waals surface area contributed by atoms with Gasteiger partial charge >= 0.3 is 0 Å². The first kappa shape index (κ1) is 12.2. The van der Waals surface area contributed by atoms with E-state index in [1.807, 2.05) is 0 Å². The van der Waals surface area contributed by atoms with E-state index in [9.17, 15) is 4.39 Å². The number of aromatic nitrogens is 3. The Hall–Kier alpha value is -2.83. The summed E-state index contributed by atoms with van der Waals surface area (Å²) in [5, 5.41) is 3.00. The van der Waals surface area contributed by atoms with E-state index in [-0.39, 0.29) is 5.75 Å². The van der Waals surface area contributed by atoms with E-state index in [0.717, 1.165) is 0 Å². The Labute approximate surface area is 114 Å². The third-order valence-corrected chi connectivity index (χ3v) is 2.81. The maximum atomic E-state index is 13.7. The molecule has 3 aromatic rings. The highest BCUT2D eigenvalue weighted by Crippen LogP contribution is 2.24. The lowest BCUT2D eigenvalue weighted by Gasteiger charge is -2.09. The minimum Gasteiger partial charge on any atom is -0.494 e. The zero-order valence-corrected chi connectivity index (χ0v) is 10.7. The fraction of sp³-hybridized carbons (Fsp3) is 0.0769. The molecule has 3 N–H and O–H groups in total. The van der Waals surface area contributed by atoms with Gasteiger partial charge in [0.2, 0.25) is 0 Å². The number of fused-ring (bicyclic) bond motifs is 1. The van der Waals surface area contributed by atoms with Crippen LogP contribution in [-0.2, 0) is 0 Å².